The number of thiophene rings is 1. The van der Waals surface area contributed by atoms with Crippen LogP contribution in [-0.4, -0.2) is 37.7 Å². The molecule has 1 amide bonds. The molecule has 0 atom stereocenters. The molecule has 3 N–H and O–H groups in total. The van der Waals surface area contributed by atoms with E-state index in [1.807, 2.05) is 72.9 Å². The molecule has 0 saturated heterocycles. The maximum Gasteiger partial charge on any atom is 0.261 e. The van der Waals surface area contributed by atoms with Gasteiger partial charge in [-0.15, -0.1) is 11.3 Å². The summed E-state index contributed by atoms with van der Waals surface area (Å²) < 4.78 is 3.07. The molecule has 0 aliphatic carbocycles. The molecule has 0 fully saturated rings. The molecule has 0 spiro atoms. The van der Waals surface area contributed by atoms with Crippen LogP contribution < -0.4 is 10.6 Å². The highest BCUT2D eigenvalue weighted by molar-refractivity contribution is 7.20. The minimum absolute atomic E-state index is 0.0906. The molecule has 4 aromatic heterocycles. The van der Waals surface area contributed by atoms with Crippen LogP contribution in [0.15, 0.2) is 91.3 Å². The Bertz CT molecular complexity index is 1970. The summed E-state index contributed by atoms with van der Waals surface area (Å²) in [6.45, 7) is 0. The molecule has 7 aromatic rings. The smallest absolute Gasteiger partial charge is 0.261 e. The minimum atomic E-state index is -0.0906. The Kier molecular flexibility index (Phi) is 5.15. The first-order chi connectivity index (χ1) is 18.7. The lowest BCUT2D eigenvalue weighted by molar-refractivity contribution is 0.0967. The number of amides is 1. The molecule has 0 unspecified atom stereocenters. The average molecular weight is 516 g/mol. The van der Waals surface area contributed by atoms with E-state index in [-0.39, 0.29) is 5.91 Å². The first-order valence-corrected chi connectivity index (χ1v) is 12.9. The van der Waals surface area contributed by atoms with Gasteiger partial charge in [0.15, 0.2) is 11.5 Å². The van der Waals surface area contributed by atoms with Gasteiger partial charge in [-0.3, -0.25) is 9.89 Å². The molecule has 38 heavy (non-hydrogen) atoms. The van der Waals surface area contributed by atoms with Crippen molar-refractivity contribution in [2.75, 3.05) is 12.4 Å². The third-order valence-corrected chi connectivity index (χ3v) is 7.61. The van der Waals surface area contributed by atoms with Gasteiger partial charge in [-0.2, -0.15) is 5.10 Å². The number of hydrogen-bond donors (Lipinski definition) is 3. The first-order valence-electron chi connectivity index (χ1n) is 12.1. The van der Waals surface area contributed by atoms with Crippen molar-refractivity contribution in [3.8, 4) is 17.1 Å². The van der Waals surface area contributed by atoms with Crippen LogP contribution in [0.3, 0.4) is 0 Å². The third-order valence-electron chi connectivity index (χ3n) is 6.51. The highest BCUT2D eigenvalue weighted by Crippen LogP contribution is 2.33. The topological polar surface area (TPSA) is 101 Å². The van der Waals surface area contributed by atoms with Gasteiger partial charge < -0.3 is 15.2 Å². The molecular weight excluding hydrogens is 494 g/mol. The molecular formula is C29H21N7OS. The summed E-state index contributed by atoms with van der Waals surface area (Å²) in [6.07, 6.45) is 3.82. The normalized spacial score (nSPS) is 11.4. The molecule has 8 nitrogen and oxygen atoms in total. The third kappa shape index (κ3) is 3.77. The van der Waals surface area contributed by atoms with Crippen LogP contribution in [0.2, 0.25) is 0 Å². The summed E-state index contributed by atoms with van der Waals surface area (Å²) >= 11 is 1.46. The summed E-state index contributed by atoms with van der Waals surface area (Å²) in [5.74, 6) is 1.21. The predicted octanol–water partition coefficient (Wildman–Crippen LogP) is 6.28. The number of benzene rings is 3. The molecule has 3 aromatic carbocycles. The number of anilines is 2. The van der Waals surface area contributed by atoms with Crippen molar-refractivity contribution in [3.05, 3.63) is 96.1 Å². The molecule has 7 rings (SSSR count). The zero-order valence-electron chi connectivity index (χ0n) is 20.3. The van der Waals surface area contributed by atoms with Crippen molar-refractivity contribution in [1.82, 2.24) is 30.0 Å². The standard InChI is InChI=1S/C29H21N7OS/c1-30-29(37)25-14-17-7-8-18(15-24(17)38-25)26-33-27(32-20-9-10-23-19(13-20)16-31-35-23)22-11-12-36(28(22)34-26)21-5-3-2-4-6-21/h2-16H,1H3,(H,30,37)(H,31,35)(H,32,33,34). The number of carbonyl (C=O) groups is 1. The molecule has 0 radical (unpaired) electrons. The van der Waals surface area contributed by atoms with Gasteiger partial charge in [-0.25, -0.2) is 9.97 Å². The maximum atomic E-state index is 12.2. The predicted molar refractivity (Wildman–Crippen MR) is 152 cm³/mol. The van der Waals surface area contributed by atoms with Crippen LogP contribution in [-0.2, 0) is 0 Å². The van der Waals surface area contributed by atoms with Gasteiger partial charge in [0.1, 0.15) is 5.82 Å². The fourth-order valence-electron chi connectivity index (χ4n) is 4.60. The highest BCUT2D eigenvalue weighted by atomic mass is 32.1. The van der Waals surface area contributed by atoms with E-state index in [4.69, 9.17) is 9.97 Å². The maximum absolute atomic E-state index is 12.2. The molecule has 9 heteroatoms. The zero-order valence-corrected chi connectivity index (χ0v) is 21.1. The van der Waals surface area contributed by atoms with Crippen LogP contribution >= 0.6 is 11.3 Å². The fraction of sp³-hybridized carbons (Fsp3) is 0.0345. The number of H-pyrrole nitrogens is 1. The van der Waals surface area contributed by atoms with E-state index in [0.717, 1.165) is 49.0 Å². The second-order valence-electron chi connectivity index (χ2n) is 8.89. The van der Waals surface area contributed by atoms with Crippen molar-refractivity contribution in [2.24, 2.45) is 0 Å². The van der Waals surface area contributed by atoms with E-state index in [0.29, 0.717) is 16.5 Å². The van der Waals surface area contributed by atoms with Gasteiger partial charge in [0.2, 0.25) is 0 Å². The Morgan fingerprint density at radius 1 is 0.947 bits per heavy atom. The van der Waals surface area contributed by atoms with E-state index in [2.05, 4.69) is 37.5 Å². The lowest BCUT2D eigenvalue weighted by Gasteiger charge is -2.11. The van der Waals surface area contributed by atoms with Gasteiger partial charge in [-0.1, -0.05) is 30.3 Å². The summed E-state index contributed by atoms with van der Waals surface area (Å²) in [4.78, 5) is 22.8. The lowest BCUT2D eigenvalue weighted by atomic mass is 10.1. The van der Waals surface area contributed by atoms with Crippen molar-refractivity contribution >= 4 is 60.8 Å². The monoisotopic (exact) mass is 515 g/mol. The largest absolute Gasteiger partial charge is 0.354 e. The lowest BCUT2D eigenvalue weighted by Crippen LogP contribution is -2.15. The van der Waals surface area contributed by atoms with Crippen LogP contribution in [0.5, 0.6) is 0 Å². The number of hydrogen-bond acceptors (Lipinski definition) is 6. The summed E-state index contributed by atoms with van der Waals surface area (Å²) in [5, 5.41) is 16.3. The van der Waals surface area contributed by atoms with E-state index < -0.39 is 0 Å². The number of rotatable bonds is 5. The number of nitrogens with one attached hydrogen (secondary N) is 3. The molecule has 0 saturated carbocycles. The highest BCUT2D eigenvalue weighted by Gasteiger charge is 2.16. The van der Waals surface area contributed by atoms with Gasteiger partial charge >= 0.3 is 0 Å². The molecule has 0 aliphatic heterocycles. The van der Waals surface area contributed by atoms with Crippen molar-refractivity contribution in [1.29, 1.82) is 0 Å². The minimum Gasteiger partial charge on any atom is -0.354 e. The zero-order chi connectivity index (χ0) is 25.6. The number of carbonyl (C=O) groups excluding carboxylic acids is 1. The Balaban J connectivity index is 1.39. The molecule has 0 bridgehead atoms. The van der Waals surface area contributed by atoms with E-state index in [1.165, 1.54) is 11.3 Å². The second-order valence-corrected chi connectivity index (χ2v) is 9.98. The summed E-state index contributed by atoms with van der Waals surface area (Å²) in [5.41, 5.74) is 4.56. The number of nitrogens with zero attached hydrogens (tertiary/aromatic N) is 4. The Hall–Kier alpha value is -5.02. The number of aromatic nitrogens is 5. The van der Waals surface area contributed by atoms with Crippen molar-refractivity contribution in [3.63, 3.8) is 0 Å². The summed E-state index contributed by atoms with van der Waals surface area (Å²) in [7, 11) is 1.64. The average Bonchev–Trinajstić information content (AvgIpc) is 3.70. The van der Waals surface area contributed by atoms with E-state index in [1.54, 1.807) is 13.2 Å². The van der Waals surface area contributed by atoms with Crippen molar-refractivity contribution in [2.45, 2.75) is 0 Å². The Labute approximate surface area is 221 Å². The van der Waals surface area contributed by atoms with Crippen LogP contribution in [0.4, 0.5) is 11.5 Å². The van der Waals surface area contributed by atoms with Crippen molar-refractivity contribution < 1.29 is 4.79 Å². The second kappa shape index (κ2) is 8.82. The van der Waals surface area contributed by atoms with Gasteiger partial charge in [-0.05, 0) is 53.9 Å². The molecule has 4 heterocycles. The number of para-hydroxylation sites is 1. The number of fused-ring (bicyclic) bond motifs is 3. The summed E-state index contributed by atoms with van der Waals surface area (Å²) in [6, 6.07) is 26.2. The van der Waals surface area contributed by atoms with Gasteiger partial charge in [0, 0.05) is 40.3 Å². The first kappa shape index (κ1) is 22.2. The van der Waals surface area contributed by atoms with E-state index >= 15 is 0 Å². The van der Waals surface area contributed by atoms with Crippen LogP contribution in [0.25, 0.3) is 49.1 Å². The SMILES string of the molecule is CNC(=O)c1cc2ccc(-c3nc(Nc4ccc5[nH]ncc5c4)c4ccn(-c5ccccc5)c4n3)cc2s1. The quantitative estimate of drug-likeness (QED) is 0.250. The van der Waals surface area contributed by atoms with Gasteiger partial charge in [0.25, 0.3) is 5.91 Å². The fourth-order valence-corrected chi connectivity index (χ4v) is 5.65. The molecule has 0 aliphatic rings. The van der Waals surface area contributed by atoms with Crippen LogP contribution in [0, 0.1) is 0 Å². The number of aromatic amines is 1. The van der Waals surface area contributed by atoms with Crippen LogP contribution in [0.1, 0.15) is 9.67 Å². The van der Waals surface area contributed by atoms with E-state index in [9.17, 15) is 4.79 Å². The molecule has 184 valence electrons. The Morgan fingerprint density at radius 3 is 2.71 bits per heavy atom. The van der Waals surface area contributed by atoms with Gasteiger partial charge in [0.05, 0.1) is 22.0 Å². The Morgan fingerprint density at radius 2 is 1.84 bits per heavy atom.